The van der Waals surface area contributed by atoms with Crippen molar-refractivity contribution < 1.29 is 9.72 Å². The van der Waals surface area contributed by atoms with Crippen LogP contribution in [-0.2, 0) is 0 Å². The number of nitro benzene ring substituents is 1. The molecule has 0 N–H and O–H groups in total. The van der Waals surface area contributed by atoms with Gasteiger partial charge in [0.2, 0.25) is 0 Å². The van der Waals surface area contributed by atoms with Crippen molar-refractivity contribution in [3.63, 3.8) is 0 Å². The molecule has 0 spiro atoms. The Bertz CT molecular complexity index is 375. The van der Waals surface area contributed by atoms with E-state index >= 15 is 0 Å². The van der Waals surface area contributed by atoms with E-state index in [-0.39, 0.29) is 17.9 Å². The molecule has 1 aromatic carbocycles. The first-order chi connectivity index (χ1) is 7.00. The second-order valence-electron chi connectivity index (χ2n) is 2.82. The third kappa shape index (κ3) is 3.49. The molecule has 0 fully saturated rings. The average Bonchev–Trinajstić information content (AvgIpc) is 2.17. The summed E-state index contributed by atoms with van der Waals surface area (Å²) in [5.74, 6) is -0.236. The van der Waals surface area contributed by atoms with Gasteiger partial charge < -0.3 is 0 Å². The lowest BCUT2D eigenvalue weighted by atomic mass is 10.1. The van der Waals surface area contributed by atoms with Crippen LogP contribution in [0.3, 0.4) is 0 Å². The number of hydrogen-bond acceptors (Lipinski definition) is 3. The van der Waals surface area contributed by atoms with Gasteiger partial charge in [-0.1, -0.05) is 0 Å². The Morgan fingerprint density at radius 3 is 2.27 bits per heavy atom. The molecule has 0 saturated carbocycles. The Hall–Kier alpha value is -1.13. The molecule has 0 heterocycles. The molecule has 15 heavy (non-hydrogen) atoms. The maximum atomic E-state index is 11.4. The monoisotopic (exact) mass is 247 g/mol. The quantitative estimate of drug-likeness (QED) is 0.356. The minimum atomic E-state index is -0.757. The van der Waals surface area contributed by atoms with Crippen LogP contribution < -0.4 is 0 Å². The first-order valence-electron chi connectivity index (χ1n) is 4.06. The number of Topliss-reactive ketones (excluding diaryl/α,β-unsaturated/α-hetero) is 1. The number of alkyl halides is 2. The van der Waals surface area contributed by atoms with E-state index in [1.54, 1.807) is 0 Å². The fourth-order valence-electron chi connectivity index (χ4n) is 1.03. The summed E-state index contributed by atoms with van der Waals surface area (Å²) in [4.78, 5) is 20.5. The highest BCUT2D eigenvalue weighted by Crippen LogP contribution is 2.16. The van der Waals surface area contributed by atoms with Gasteiger partial charge in [0.15, 0.2) is 5.78 Å². The topological polar surface area (TPSA) is 60.2 Å². The van der Waals surface area contributed by atoms with Gasteiger partial charge in [-0.3, -0.25) is 14.9 Å². The summed E-state index contributed by atoms with van der Waals surface area (Å²) >= 11 is 10.9. The second-order valence-corrected chi connectivity index (χ2v) is 4.10. The molecule has 0 aliphatic carbocycles. The van der Waals surface area contributed by atoms with Crippen LogP contribution in [0.15, 0.2) is 24.3 Å². The molecule has 0 bridgehead atoms. The summed E-state index contributed by atoms with van der Waals surface area (Å²) < 4.78 is 0. The number of non-ortho nitro benzene ring substituents is 1. The van der Waals surface area contributed by atoms with Gasteiger partial charge in [0, 0.05) is 24.1 Å². The molecule has 0 aliphatic heterocycles. The lowest BCUT2D eigenvalue weighted by molar-refractivity contribution is -0.384. The number of benzene rings is 1. The van der Waals surface area contributed by atoms with Crippen LogP contribution >= 0.6 is 23.2 Å². The summed E-state index contributed by atoms with van der Waals surface area (Å²) in [5, 5.41) is 10.3. The van der Waals surface area contributed by atoms with E-state index in [4.69, 9.17) is 23.2 Å². The first-order valence-corrected chi connectivity index (χ1v) is 4.94. The van der Waals surface area contributed by atoms with Crippen LogP contribution in [0.5, 0.6) is 0 Å². The fourth-order valence-corrected chi connectivity index (χ4v) is 1.31. The summed E-state index contributed by atoms with van der Waals surface area (Å²) in [7, 11) is 0. The Balaban J connectivity index is 2.80. The van der Waals surface area contributed by atoms with Gasteiger partial charge in [-0.05, 0) is 12.1 Å². The number of halogens is 2. The van der Waals surface area contributed by atoms with E-state index in [1.807, 2.05) is 0 Å². The van der Waals surface area contributed by atoms with Crippen molar-refractivity contribution in [1.29, 1.82) is 0 Å². The molecule has 0 aliphatic rings. The predicted molar refractivity (Wildman–Crippen MR) is 57.5 cm³/mol. The van der Waals surface area contributed by atoms with Crippen molar-refractivity contribution in [2.75, 3.05) is 0 Å². The zero-order valence-electron chi connectivity index (χ0n) is 7.52. The van der Waals surface area contributed by atoms with Crippen LogP contribution in [0.2, 0.25) is 0 Å². The second kappa shape index (κ2) is 5.09. The lowest BCUT2D eigenvalue weighted by Gasteiger charge is -2.00. The third-order valence-corrected chi connectivity index (χ3v) is 2.05. The highest BCUT2D eigenvalue weighted by Gasteiger charge is 2.12. The van der Waals surface area contributed by atoms with Gasteiger partial charge >= 0.3 is 0 Å². The summed E-state index contributed by atoms with van der Waals surface area (Å²) in [6, 6.07) is 5.31. The largest absolute Gasteiger partial charge is 0.294 e. The number of carbonyl (C=O) groups is 1. The molecule has 0 saturated heterocycles. The van der Waals surface area contributed by atoms with Crippen LogP contribution in [-0.4, -0.2) is 15.5 Å². The van der Waals surface area contributed by atoms with Crippen molar-refractivity contribution in [3.05, 3.63) is 39.9 Å². The fraction of sp³-hybridized carbons (Fsp3) is 0.222. The summed E-state index contributed by atoms with van der Waals surface area (Å²) in [6.45, 7) is 0. The molecule has 0 aromatic heterocycles. The van der Waals surface area contributed by atoms with E-state index in [2.05, 4.69) is 0 Å². The number of ketones is 1. The molecular formula is C9H7Cl2NO3. The molecule has 4 nitrogen and oxygen atoms in total. The van der Waals surface area contributed by atoms with E-state index < -0.39 is 9.76 Å². The highest BCUT2D eigenvalue weighted by atomic mass is 35.5. The minimum absolute atomic E-state index is 0.000915. The maximum absolute atomic E-state index is 11.4. The Morgan fingerprint density at radius 2 is 1.87 bits per heavy atom. The molecule has 0 unspecified atom stereocenters. The van der Waals surface area contributed by atoms with Crippen LogP contribution in [0.4, 0.5) is 5.69 Å². The normalized spacial score (nSPS) is 10.3. The maximum Gasteiger partial charge on any atom is 0.269 e. The summed E-state index contributed by atoms with van der Waals surface area (Å²) in [5.41, 5.74) is 0.312. The number of hydrogen-bond donors (Lipinski definition) is 0. The van der Waals surface area contributed by atoms with E-state index in [0.717, 1.165) is 0 Å². The predicted octanol–water partition coefficient (Wildman–Crippen LogP) is 2.97. The SMILES string of the molecule is O=C(CC(Cl)Cl)c1ccc([N+](=O)[O-])cc1. The Morgan fingerprint density at radius 1 is 1.33 bits per heavy atom. The van der Waals surface area contributed by atoms with Crippen LogP contribution in [0.1, 0.15) is 16.8 Å². The Kier molecular flexibility index (Phi) is 4.05. The van der Waals surface area contributed by atoms with Crippen molar-refractivity contribution in [1.82, 2.24) is 0 Å². The molecular weight excluding hydrogens is 241 g/mol. The van der Waals surface area contributed by atoms with Gasteiger partial charge in [0.25, 0.3) is 5.69 Å². The van der Waals surface area contributed by atoms with Gasteiger partial charge in [0.05, 0.1) is 4.92 Å². The molecule has 1 rings (SSSR count). The van der Waals surface area contributed by atoms with Crippen molar-refractivity contribution in [3.8, 4) is 0 Å². The zero-order valence-corrected chi connectivity index (χ0v) is 9.03. The van der Waals surface area contributed by atoms with Gasteiger partial charge in [-0.2, -0.15) is 0 Å². The molecule has 1 aromatic rings. The highest BCUT2D eigenvalue weighted by molar-refractivity contribution is 6.45. The van der Waals surface area contributed by atoms with Crippen molar-refractivity contribution >= 4 is 34.7 Å². The van der Waals surface area contributed by atoms with Crippen molar-refractivity contribution in [2.24, 2.45) is 0 Å². The molecule has 0 atom stereocenters. The average molecular weight is 248 g/mol. The standard InChI is InChI=1S/C9H7Cl2NO3/c10-9(11)5-8(13)6-1-3-7(4-2-6)12(14)15/h1-4,9H,5H2. The van der Waals surface area contributed by atoms with E-state index in [9.17, 15) is 14.9 Å². The molecule has 6 heteroatoms. The number of carbonyl (C=O) groups excluding carboxylic acids is 1. The number of rotatable bonds is 4. The smallest absolute Gasteiger partial charge is 0.269 e. The number of nitro groups is 1. The molecule has 0 amide bonds. The van der Waals surface area contributed by atoms with Gasteiger partial charge in [-0.15, -0.1) is 23.2 Å². The van der Waals surface area contributed by atoms with Crippen LogP contribution in [0, 0.1) is 10.1 Å². The minimum Gasteiger partial charge on any atom is -0.294 e. The molecule has 80 valence electrons. The molecule has 0 radical (unpaired) electrons. The van der Waals surface area contributed by atoms with Gasteiger partial charge in [0.1, 0.15) is 4.84 Å². The lowest BCUT2D eigenvalue weighted by Crippen LogP contribution is -2.03. The Labute approximate surface area is 95.9 Å². The van der Waals surface area contributed by atoms with Crippen molar-refractivity contribution in [2.45, 2.75) is 11.3 Å². The summed E-state index contributed by atoms with van der Waals surface area (Å²) in [6.07, 6.45) is 0.000915. The third-order valence-electron chi connectivity index (χ3n) is 1.74. The first kappa shape index (κ1) is 11.9. The van der Waals surface area contributed by atoms with Gasteiger partial charge in [-0.25, -0.2) is 0 Å². The number of nitrogens with zero attached hydrogens (tertiary/aromatic N) is 1. The van der Waals surface area contributed by atoms with Crippen LogP contribution in [0.25, 0.3) is 0 Å². The van der Waals surface area contributed by atoms with E-state index in [0.29, 0.717) is 5.56 Å². The van der Waals surface area contributed by atoms with E-state index in [1.165, 1.54) is 24.3 Å². The zero-order chi connectivity index (χ0) is 11.4.